The quantitative estimate of drug-likeness (QED) is 0.720. The zero-order chi connectivity index (χ0) is 11.7. The maximum absolute atomic E-state index is 11.6. The number of likely N-dealkylation sites (N-methyl/N-ethyl adjacent to an activating group) is 1. The van der Waals surface area contributed by atoms with E-state index in [9.17, 15) is 9.59 Å². The fourth-order valence-electron chi connectivity index (χ4n) is 2.73. The lowest BCUT2D eigenvalue weighted by molar-refractivity contribution is -0.137. The van der Waals surface area contributed by atoms with Crippen LogP contribution in [0.15, 0.2) is 0 Å². The second kappa shape index (κ2) is 4.53. The highest BCUT2D eigenvalue weighted by atomic mass is 16.2. The summed E-state index contributed by atoms with van der Waals surface area (Å²) in [6.07, 6.45) is 4.17. The van der Waals surface area contributed by atoms with Crippen molar-refractivity contribution in [1.29, 1.82) is 0 Å². The Morgan fingerprint density at radius 3 is 2.62 bits per heavy atom. The molecule has 1 heterocycles. The Bertz CT molecular complexity index is 303. The SMILES string of the molecule is CC1CCCC1CNC1CC(=O)N(C)C1=O. The van der Waals surface area contributed by atoms with Gasteiger partial charge in [0, 0.05) is 7.05 Å². The number of hydrogen-bond donors (Lipinski definition) is 1. The van der Waals surface area contributed by atoms with Crippen molar-refractivity contribution in [2.75, 3.05) is 13.6 Å². The topological polar surface area (TPSA) is 49.4 Å². The summed E-state index contributed by atoms with van der Waals surface area (Å²) in [5.74, 6) is 1.28. The van der Waals surface area contributed by atoms with Crippen LogP contribution in [0.25, 0.3) is 0 Å². The van der Waals surface area contributed by atoms with Gasteiger partial charge in [-0.2, -0.15) is 0 Å². The Kier molecular flexibility index (Phi) is 3.28. The predicted molar refractivity (Wildman–Crippen MR) is 60.7 cm³/mol. The van der Waals surface area contributed by atoms with Crippen LogP contribution in [0.1, 0.15) is 32.6 Å². The Hall–Kier alpha value is -0.900. The van der Waals surface area contributed by atoms with E-state index >= 15 is 0 Å². The fraction of sp³-hybridized carbons (Fsp3) is 0.833. The molecule has 1 N–H and O–H groups in total. The third kappa shape index (κ3) is 2.12. The molecule has 0 spiro atoms. The lowest BCUT2D eigenvalue weighted by atomic mass is 9.98. The van der Waals surface area contributed by atoms with Crippen LogP contribution in [0.2, 0.25) is 0 Å². The van der Waals surface area contributed by atoms with E-state index in [-0.39, 0.29) is 17.9 Å². The fourth-order valence-corrected chi connectivity index (χ4v) is 2.73. The highest BCUT2D eigenvalue weighted by molar-refractivity contribution is 6.05. The van der Waals surface area contributed by atoms with Crippen molar-refractivity contribution in [3.63, 3.8) is 0 Å². The molecule has 2 aliphatic rings. The van der Waals surface area contributed by atoms with Gasteiger partial charge in [0.15, 0.2) is 0 Å². The molecular weight excluding hydrogens is 204 g/mol. The van der Waals surface area contributed by atoms with Crippen molar-refractivity contribution in [2.24, 2.45) is 11.8 Å². The summed E-state index contributed by atoms with van der Waals surface area (Å²) in [7, 11) is 1.56. The first-order valence-corrected chi connectivity index (χ1v) is 6.13. The van der Waals surface area contributed by atoms with E-state index in [1.807, 2.05) is 0 Å². The number of likely N-dealkylation sites (tertiary alicyclic amines) is 1. The first kappa shape index (κ1) is 11.6. The average molecular weight is 224 g/mol. The van der Waals surface area contributed by atoms with E-state index < -0.39 is 0 Å². The van der Waals surface area contributed by atoms with Crippen molar-refractivity contribution < 1.29 is 9.59 Å². The molecule has 16 heavy (non-hydrogen) atoms. The molecule has 0 bridgehead atoms. The molecule has 0 aromatic rings. The van der Waals surface area contributed by atoms with E-state index in [1.165, 1.54) is 24.2 Å². The summed E-state index contributed by atoms with van der Waals surface area (Å²) >= 11 is 0. The molecule has 1 aliphatic carbocycles. The van der Waals surface area contributed by atoms with Crippen molar-refractivity contribution >= 4 is 11.8 Å². The lowest BCUT2D eigenvalue weighted by Crippen LogP contribution is -2.39. The molecule has 90 valence electrons. The third-order valence-corrected chi connectivity index (χ3v) is 4.05. The van der Waals surface area contributed by atoms with Crippen LogP contribution in [0, 0.1) is 11.8 Å². The first-order chi connectivity index (χ1) is 7.59. The number of hydrogen-bond acceptors (Lipinski definition) is 3. The van der Waals surface area contributed by atoms with E-state index in [0.29, 0.717) is 12.3 Å². The number of imide groups is 1. The van der Waals surface area contributed by atoms with Crippen molar-refractivity contribution in [1.82, 2.24) is 10.2 Å². The number of amides is 2. The maximum Gasteiger partial charge on any atom is 0.246 e. The molecule has 1 aliphatic heterocycles. The molecule has 1 saturated heterocycles. The lowest BCUT2D eigenvalue weighted by Gasteiger charge is -2.18. The predicted octanol–water partition coefficient (Wildman–Crippen LogP) is 0.769. The molecule has 4 nitrogen and oxygen atoms in total. The van der Waals surface area contributed by atoms with Crippen molar-refractivity contribution in [2.45, 2.75) is 38.6 Å². The number of nitrogens with one attached hydrogen (secondary N) is 1. The summed E-state index contributed by atoms with van der Waals surface area (Å²) in [6, 6.07) is -0.273. The summed E-state index contributed by atoms with van der Waals surface area (Å²) in [5, 5.41) is 3.25. The summed E-state index contributed by atoms with van der Waals surface area (Å²) in [4.78, 5) is 24.2. The summed E-state index contributed by atoms with van der Waals surface area (Å²) < 4.78 is 0. The van der Waals surface area contributed by atoms with Crippen LogP contribution in [0.5, 0.6) is 0 Å². The van der Waals surface area contributed by atoms with Gasteiger partial charge in [-0.3, -0.25) is 14.5 Å². The largest absolute Gasteiger partial charge is 0.305 e. The monoisotopic (exact) mass is 224 g/mol. The zero-order valence-corrected chi connectivity index (χ0v) is 10.0. The van der Waals surface area contributed by atoms with Gasteiger partial charge in [-0.05, 0) is 24.8 Å². The number of carbonyl (C=O) groups is 2. The van der Waals surface area contributed by atoms with Crippen LogP contribution >= 0.6 is 0 Å². The number of nitrogens with zero attached hydrogens (tertiary/aromatic N) is 1. The maximum atomic E-state index is 11.6. The average Bonchev–Trinajstić information content (AvgIpc) is 2.76. The minimum atomic E-state index is -0.273. The molecule has 2 fully saturated rings. The minimum absolute atomic E-state index is 0.0676. The van der Waals surface area contributed by atoms with Gasteiger partial charge in [-0.25, -0.2) is 0 Å². The Morgan fingerprint density at radius 1 is 1.38 bits per heavy atom. The molecule has 0 aromatic heterocycles. The molecule has 2 rings (SSSR count). The van der Waals surface area contributed by atoms with Gasteiger partial charge in [0.1, 0.15) is 0 Å². The molecule has 0 aromatic carbocycles. The first-order valence-electron chi connectivity index (χ1n) is 6.13. The van der Waals surface area contributed by atoms with Gasteiger partial charge in [0.25, 0.3) is 0 Å². The van der Waals surface area contributed by atoms with E-state index in [4.69, 9.17) is 0 Å². The molecule has 0 radical (unpaired) electrons. The molecule has 3 unspecified atom stereocenters. The third-order valence-electron chi connectivity index (χ3n) is 4.05. The van der Waals surface area contributed by atoms with Gasteiger partial charge in [0.2, 0.25) is 11.8 Å². The highest BCUT2D eigenvalue weighted by Gasteiger charge is 2.36. The Balaban J connectivity index is 1.82. The van der Waals surface area contributed by atoms with Gasteiger partial charge >= 0.3 is 0 Å². The number of rotatable bonds is 3. The molecule has 3 atom stereocenters. The molecule has 1 saturated carbocycles. The van der Waals surface area contributed by atoms with Crippen LogP contribution in [0.3, 0.4) is 0 Å². The normalized spacial score (nSPS) is 35.1. The highest BCUT2D eigenvalue weighted by Crippen LogP contribution is 2.30. The van der Waals surface area contributed by atoms with Gasteiger partial charge in [-0.15, -0.1) is 0 Å². The summed E-state index contributed by atoms with van der Waals surface area (Å²) in [6.45, 7) is 3.14. The van der Waals surface area contributed by atoms with E-state index in [0.717, 1.165) is 12.5 Å². The zero-order valence-electron chi connectivity index (χ0n) is 10.0. The van der Waals surface area contributed by atoms with Crippen LogP contribution in [-0.4, -0.2) is 36.3 Å². The van der Waals surface area contributed by atoms with Crippen molar-refractivity contribution in [3.05, 3.63) is 0 Å². The van der Waals surface area contributed by atoms with Crippen LogP contribution in [-0.2, 0) is 9.59 Å². The minimum Gasteiger partial charge on any atom is -0.305 e. The Morgan fingerprint density at radius 2 is 2.12 bits per heavy atom. The second-order valence-corrected chi connectivity index (χ2v) is 5.12. The molecule has 4 heteroatoms. The smallest absolute Gasteiger partial charge is 0.246 e. The van der Waals surface area contributed by atoms with E-state index in [2.05, 4.69) is 12.2 Å². The van der Waals surface area contributed by atoms with Gasteiger partial charge < -0.3 is 5.32 Å². The molecular formula is C12H20N2O2. The molecule has 2 amide bonds. The summed E-state index contributed by atoms with van der Waals surface area (Å²) in [5.41, 5.74) is 0. The van der Waals surface area contributed by atoms with Gasteiger partial charge in [0.05, 0.1) is 12.5 Å². The van der Waals surface area contributed by atoms with Crippen molar-refractivity contribution in [3.8, 4) is 0 Å². The Labute approximate surface area is 96.4 Å². The second-order valence-electron chi connectivity index (χ2n) is 5.12. The number of carbonyl (C=O) groups excluding carboxylic acids is 2. The van der Waals surface area contributed by atoms with Gasteiger partial charge in [-0.1, -0.05) is 19.8 Å². The van der Waals surface area contributed by atoms with Crippen LogP contribution in [0.4, 0.5) is 0 Å². The van der Waals surface area contributed by atoms with E-state index in [1.54, 1.807) is 7.05 Å². The van der Waals surface area contributed by atoms with Crippen LogP contribution < -0.4 is 5.32 Å². The standard InChI is InChI=1S/C12H20N2O2/c1-8-4-3-5-9(8)7-13-10-6-11(15)14(2)12(10)16/h8-10,13H,3-7H2,1-2H3.